The second kappa shape index (κ2) is 8.54. The van der Waals surface area contributed by atoms with E-state index in [1.54, 1.807) is 18.2 Å². The molecule has 0 fully saturated rings. The summed E-state index contributed by atoms with van der Waals surface area (Å²) in [5, 5.41) is 0. The third-order valence-electron chi connectivity index (χ3n) is 3.03. The van der Waals surface area contributed by atoms with E-state index in [0.29, 0.717) is 18.8 Å². The zero-order chi connectivity index (χ0) is 16.5. The van der Waals surface area contributed by atoms with Crippen LogP contribution in [0, 0.1) is 0 Å². The van der Waals surface area contributed by atoms with Gasteiger partial charge in [-0.3, -0.25) is 4.79 Å². The van der Waals surface area contributed by atoms with Crippen molar-refractivity contribution in [1.82, 2.24) is 0 Å². The summed E-state index contributed by atoms with van der Waals surface area (Å²) >= 11 is 0. The average Bonchev–Trinajstić information content (AvgIpc) is 2.55. The average molecular weight is 310 g/mol. The summed E-state index contributed by atoms with van der Waals surface area (Å²) < 4.78 is 10.1. The van der Waals surface area contributed by atoms with Crippen molar-refractivity contribution in [3.63, 3.8) is 0 Å². The molecule has 0 radical (unpaired) electrons. The van der Waals surface area contributed by atoms with Crippen LogP contribution in [0.25, 0.3) is 6.08 Å². The molecule has 0 bridgehead atoms. The Labute approximate surface area is 135 Å². The first-order valence-electron chi connectivity index (χ1n) is 7.31. The third kappa shape index (κ3) is 6.18. The zero-order valence-corrected chi connectivity index (χ0v) is 12.9. The van der Waals surface area contributed by atoms with Crippen LogP contribution in [0.1, 0.15) is 18.1 Å². The Balaban J connectivity index is 1.75. The van der Waals surface area contributed by atoms with Crippen LogP contribution in [0.15, 0.2) is 60.7 Å². The van der Waals surface area contributed by atoms with Gasteiger partial charge in [0.25, 0.3) is 0 Å². The number of carbonyl (C=O) groups excluding carboxylic acids is 2. The highest BCUT2D eigenvalue weighted by Gasteiger charge is 2.01. The Hall–Kier alpha value is -2.88. The molecule has 0 unspecified atom stereocenters. The van der Waals surface area contributed by atoms with Crippen LogP contribution >= 0.6 is 0 Å². The molecule has 0 amide bonds. The number of hydrogen-bond donors (Lipinski definition) is 0. The fourth-order valence-electron chi connectivity index (χ4n) is 1.94. The Morgan fingerprint density at radius 3 is 2.35 bits per heavy atom. The highest BCUT2D eigenvalue weighted by atomic mass is 16.5. The molecule has 4 nitrogen and oxygen atoms in total. The monoisotopic (exact) mass is 310 g/mol. The number of benzene rings is 2. The Morgan fingerprint density at radius 2 is 1.70 bits per heavy atom. The van der Waals surface area contributed by atoms with Gasteiger partial charge < -0.3 is 9.47 Å². The molecule has 0 saturated carbocycles. The summed E-state index contributed by atoms with van der Waals surface area (Å²) in [5.41, 5.74) is 1.95. The molecule has 0 aliphatic heterocycles. The summed E-state index contributed by atoms with van der Waals surface area (Å²) in [6.45, 7) is 1.65. The topological polar surface area (TPSA) is 52.6 Å². The minimum atomic E-state index is -0.370. The normalized spacial score (nSPS) is 10.5. The van der Waals surface area contributed by atoms with E-state index in [1.165, 1.54) is 13.0 Å². The lowest BCUT2D eigenvalue weighted by atomic mass is 10.1. The lowest BCUT2D eigenvalue weighted by Gasteiger charge is -2.04. The molecule has 2 aromatic rings. The van der Waals surface area contributed by atoms with Gasteiger partial charge in [-0.15, -0.1) is 0 Å². The lowest BCUT2D eigenvalue weighted by molar-refractivity contribution is -0.137. The number of rotatable bonds is 6. The van der Waals surface area contributed by atoms with Crippen molar-refractivity contribution in [2.75, 3.05) is 6.61 Å². The molecule has 118 valence electrons. The van der Waals surface area contributed by atoms with Crippen molar-refractivity contribution in [1.29, 1.82) is 0 Å². The molecule has 0 aromatic heterocycles. The van der Waals surface area contributed by atoms with Crippen molar-refractivity contribution in [3.8, 4) is 5.75 Å². The maximum absolute atomic E-state index is 11.6. The highest BCUT2D eigenvalue weighted by molar-refractivity contribution is 5.87. The largest absolute Gasteiger partial charge is 0.462 e. The van der Waals surface area contributed by atoms with E-state index in [9.17, 15) is 9.59 Å². The standard InChI is InChI=1S/C19H18O4/c1-15(20)23-18-10-7-17(8-11-18)13-14-22-19(21)12-9-16-5-3-2-4-6-16/h2-12H,13-14H2,1H3. The van der Waals surface area contributed by atoms with Gasteiger partial charge in [0.2, 0.25) is 0 Å². The first-order valence-corrected chi connectivity index (χ1v) is 7.31. The molecular formula is C19H18O4. The fraction of sp³-hybridized carbons (Fsp3) is 0.158. The van der Waals surface area contributed by atoms with Gasteiger partial charge in [-0.25, -0.2) is 4.79 Å². The molecular weight excluding hydrogens is 292 g/mol. The predicted molar refractivity (Wildman–Crippen MR) is 87.9 cm³/mol. The number of esters is 2. The maximum Gasteiger partial charge on any atom is 0.330 e. The van der Waals surface area contributed by atoms with Crippen molar-refractivity contribution < 1.29 is 19.1 Å². The first kappa shape index (κ1) is 16.5. The lowest BCUT2D eigenvalue weighted by Crippen LogP contribution is -2.05. The van der Waals surface area contributed by atoms with Gasteiger partial charge in [-0.1, -0.05) is 42.5 Å². The molecule has 0 heterocycles. The minimum Gasteiger partial charge on any atom is -0.462 e. The summed E-state index contributed by atoms with van der Waals surface area (Å²) in [4.78, 5) is 22.4. The second-order valence-electron chi connectivity index (χ2n) is 4.90. The fourth-order valence-corrected chi connectivity index (χ4v) is 1.94. The summed E-state index contributed by atoms with van der Waals surface area (Å²) in [7, 11) is 0. The Bertz CT molecular complexity index is 672. The van der Waals surface area contributed by atoms with E-state index in [4.69, 9.17) is 9.47 Å². The molecule has 0 aliphatic carbocycles. The van der Waals surface area contributed by atoms with Crippen LogP contribution in [0.3, 0.4) is 0 Å². The van der Waals surface area contributed by atoms with Crippen LogP contribution in [0.2, 0.25) is 0 Å². The van der Waals surface area contributed by atoms with Crippen LogP contribution in [0.5, 0.6) is 5.75 Å². The quantitative estimate of drug-likeness (QED) is 0.466. The summed E-state index contributed by atoms with van der Waals surface area (Å²) in [6, 6.07) is 16.7. The van der Waals surface area contributed by atoms with Crippen LogP contribution < -0.4 is 4.74 Å². The molecule has 0 atom stereocenters. The predicted octanol–water partition coefficient (Wildman–Crippen LogP) is 3.41. The van der Waals surface area contributed by atoms with Gasteiger partial charge in [0.1, 0.15) is 5.75 Å². The van der Waals surface area contributed by atoms with E-state index in [0.717, 1.165) is 11.1 Å². The van der Waals surface area contributed by atoms with Crippen molar-refractivity contribution in [2.45, 2.75) is 13.3 Å². The molecule has 0 N–H and O–H groups in total. The third-order valence-corrected chi connectivity index (χ3v) is 3.03. The Kier molecular flexibility index (Phi) is 6.12. The molecule has 2 rings (SSSR count). The van der Waals surface area contributed by atoms with Crippen molar-refractivity contribution in [2.24, 2.45) is 0 Å². The van der Waals surface area contributed by atoms with E-state index in [2.05, 4.69) is 0 Å². The summed E-state index contributed by atoms with van der Waals surface area (Å²) in [6.07, 6.45) is 3.74. The Morgan fingerprint density at radius 1 is 1.00 bits per heavy atom. The van der Waals surface area contributed by atoms with E-state index in [-0.39, 0.29) is 11.9 Å². The van der Waals surface area contributed by atoms with Crippen molar-refractivity contribution >= 4 is 18.0 Å². The SMILES string of the molecule is CC(=O)Oc1ccc(CCOC(=O)C=Cc2ccccc2)cc1. The minimum absolute atomic E-state index is 0.297. The van der Waals surface area contributed by atoms with Gasteiger partial charge >= 0.3 is 11.9 Å². The van der Waals surface area contributed by atoms with Crippen LogP contribution in [0.4, 0.5) is 0 Å². The summed E-state index contributed by atoms with van der Waals surface area (Å²) in [5.74, 6) is -0.216. The first-order chi connectivity index (χ1) is 11.1. The molecule has 0 spiro atoms. The van der Waals surface area contributed by atoms with Crippen molar-refractivity contribution in [3.05, 3.63) is 71.8 Å². The number of ether oxygens (including phenoxy) is 2. The maximum atomic E-state index is 11.6. The smallest absolute Gasteiger partial charge is 0.330 e. The van der Waals surface area contributed by atoms with Gasteiger partial charge in [0.05, 0.1) is 6.61 Å². The van der Waals surface area contributed by atoms with E-state index < -0.39 is 0 Å². The zero-order valence-electron chi connectivity index (χ0n) is 12.9. The number of carbonyl (C=O) groups is 2. The molecule has 4 heteroatoms. The molecule has 0 saturated heterocycles. The van der Waals surface area contributed by atoms with Gasteiger partial charge in [0, 0.05) is 19.4 Å². The second-order valence-corrected chi connectivity index (χ2v) is 4.90. The number of hydrogen-bond acceptors (Lipinski definition) is 4. The molecule has 23 heavy (non-hydrogen) atoms. The molecule has 2 aromatic carbocycles. The van der Waals surface area contributed by atoms with Crippen LogP contribution in [-0.2, 0) is 20.7 Å². The van der Waals surface area contributed by atoms with Crippen LogP contribution in [-0.4, -0.2) is 18.5 Å². The van der Waals surface area contributed by atoms with Gasteiger partial charge in [-0.05, 0) is 29.3 Å². The van der Waals surface area contributed by atoms with E-state index in [1.807, 2.05) is 42.5 Å². The van der Waals surface area contributed by atoms with E-state index >= 15 is 0 Å². The highest BCUT2D eigenvalue weighted by Crippen LogP contribution is 2.12. The van der Waals surface area contributed by atoms with Gasteiger partial charge in [-0.2, -0.15) is 0 Å². The molecule has 0 aliphatic rings. The van der Waals surface area contributed by atoms with Gasteiger partial charge in [0.15, 0.2) is 0 Å².